The van der Waals surface area contributed by atoms with Gasteiger partial charge in [0.05, 0.1) is 0 Å². The first-order valence-corrected chi connectivity index (χ1v) is 7.01. The molecule has 1 aromatic heterocycles. The number of halogens is 1. The van der Waals surface area contributed by atoms with Crippen LogP contribution >= 0.6 is 22.9 Å². The lowest BCUT2D eigenvalue weighted by atomic mass is 9.89. The third-order valence-corrected chi connectivity index (χ3v) is 3.93. The molecule has 0 radical (unpaired) electrons. The van der Waals surface area contributed by atoms with Gasteiger partial charge in [0.1, 0.15) is 0 Å². The van der Waals surface area contributed by atoms with E-state index in [2.05, 4.69) is 35.9 Å². The minimum Gasteiger partial charge on any atom is -0.327 e. The number of thiophene rings is 1. The Bertz CT molecular complexity index is 448. The first-order valence-electron chi connectivity index (χ1n) is 5.69. The standard InChI is InChI=1S/C14H16ClNS/c1-10(16)14(12-6-7-17-9-12)8-11-2-4-13(15)5-3-11/h2-7,9-10,14H,8,16H2,1H3/t10-,14+/m0/s1. The summed E-state index contributed by atoms with van der Waals surface area (Å²) in [4.78, 5) is 0. The fraction of sp³-hybridized carbons (Fsp3) is 0.286. The molecule has 2 aromatic rings. The predicted molar refractivity (Wildman–Crippen MR) is 75.9 cm³/mol. The highest BCUT2D eigenvalue weighted by Gasteiger charge is 2.17. The average molecular weight is 266 g/mol. The Hall–Kier alpha value is -0.830. The van der Waals surface area contributed by atoms with Gasteiger partial charge in [-0.15, -0.1) is 0 Å². The van der Waals surface area contributed by atoms with E-state index in [4.69, 9.17) is 17.3 Å². The molecule has 1 aromatic carbocycles. The molecule has 0 aliphatic heterocycles. The first-order chi connectivity index (χ1) is 8.16. The second-order valence-electron chi connectivity index (χ2n) is 4.35. The van der Waals surface area contributed by atoms with Gasteiger partial charge in [-0.05, 0) is 53.4 Å². The Labute approximate surface area is 111 Å². The van der Waals surface area contributed by atoms with E-state index >= 15 is 0 Å². The lowest BCUT2D eigenvalue weighted by molar-refractivity contribution is 0.566. The average Bonchev–Trinajstić information content (AvgIpc) is 2.81. The molecule has 90 valence electrons. The quantitative estimate of drug-likeness (QED) is 0.886. The SMILES string of the molecule is C[C@H](N)[C@@H](Cc1ccc(Cl)cc1)c1ccsc1. The first kappa shape index (κ1) is 12.6. The lowest BCUT2D eigenvalue weighted by Crippen LogP contribution is -2.26. The topological polar surface area (TPSA) is 26.0 Å². The van der Waals surface area contributed by atoms with Crippen molar-refractivity contribution in [1.82, 2.24) is 0 Å². The van der Waals surface area contributed by atoms with Crippen LogP contribution in [0.25, 0.3) is 0 Å². The summed E-state index contributed by atoms with van der Waals surface area (Å²) >= 11 is 7.61. The van der Waals surface area contributed by atoms with Crippen molar-refractivity contribution in [2.75, 3.05) is 0 Å². The lowest BCUT2D eigenvalue weighted by Gasteiger charge is -2.20. The normalized spacial score (nSPS) is 14.5. The predicted octanol–water partition coefficient (Wildman–Crippen LogP) is 4.08. The number of hydrogen-bond acceptors (Lipinski definition) is 2. The molecule has 3 heteroatoms. The van der Waals surface area contributed by atoms with Gasteiger partial charge < -0.3 is 5.73 Å². The molecular weight excluding hydrogens is 250 g/mol. The second kappa shape index (κ2) is 5.67. The number of hydrogen-bond donors (Lipinski definition) is 1. The number of rotatable bonds is 4. The van der Waals surface area contributed by atoms with E-state index in [1.807, 2.05) is 12.1 Å². The van der Waals surface area contributed by atoms with Crippen molar-refractivity contribution in [1.29, 1.82) is 0 Å². The Morgan fingerprint density at radius 2 is 1.94 bits per heavy atom. The van der Waals surface area contributed by atoms with Gasteiger partial charge in [-0.3, -0.25) is 0 Å². The van der Waals surface area contributed by atoms with Crippen molar-refractivity contribution in [3.05, 3.63) is 57.2 Å². The maximum atomic E-state index is 6.08. The minimum absolute atomic E-state index is 0.153. The van der Waals surface area contributed by atoms with E-state index in [1.54, 1.807) is 11.3 Å². The Kier molecular flexibility index (Phi) is 4.21. The highest BCUT2D eigenvalue weighted by Crippen LogP contribution is 2.26. The van der Waals surface area contributed by atoms with E-state index in [-0.39, 0.29) is 6.04 Å². The van der Waals surface area contributed by atoms with E-state index in [9.17, 15) is 0 Å². The molecule has 0 unspecified atom stereocenters. The van der Waals surface area contributed by atoms with Crippen LogP contribution in [0.4, 0.5) is 0 Å². The van der Waals surface area contributed by atoms with Crippen molar-refractivity contribution in [3.8, 4) is 0 Å². The van der Waals surface area contributed by atoms with Crippen LogP contribution in [0.3, 0.4) is 0 Å². The molecule has 2 atom stereocenters. The Morgan fingerprint density at radius 1 is 1.24 bits per heavy atom. The zero-order chi connectivity index (χ0) is 12.3. The summed E-state index contributed by atoms with van der Waals surface area (Å²) in [5.74, 6) is 0.377. The van der Waals surface area contributed by atoms with E-state index < -0.39 is 0 Å². The van der Waals surface area contributed by atoms with Crippen molar-refractivity contribution < 1.29 is 0 Å². The van der Waals surface area contributed by atoms with Gasteiger partial charge in [-0.1, -0.05) is 23.7 Å². The largest absolute Gasteiger partial charge is 0.327 e. The molecule has 2 N–H and O–H groups in total. The molecule has 0 aliphatic rings. The maximum Gasteiger partial charge on any atom is 0.0406 e. The summed E-state index contributed by atoms with van der Waals surface area (Å²) in [7, 11) is 0. The summed E-state index contributed by atoms with van der Waals surface area (Å²) in [6.45, 7) is 2.07. The minimum atomic E-state index is 0.153. The molecule has 2 rings (SSSR count). The fourth-order valence-electron chi connectivity index (χ4n) is 1.97. The van der Waals surface area contributed by atoms with Crippen LogP contribution in [0.15, 0.2) is 41.1 Å². The van der Waals surface area contributed by atoms with Gasteiger partial charge in [0.15, 0.2) is 0 Å². The maximum absolute atomic E-state index is 6.08. The van der Waals surface area contributed by atoms with Crippen LogP contribution < -0.4 is 5.73 Å². The van der Waals surface area contributed by atoms with Gasteiger partial charge in [0.25, 0.3) is 0 Å². The summed E-state index contributed by atoms with van der Waals surface area (Å²) in [6.07, 6.45) is 0.964. The van der Waals surface area contributed by atoms with Crippen molar-refractivity contribution >= 4 is 22.9 Å². The van der Waals surface area contributed by atoms with Gasteiger partial charge in [0, 0.05) is 17.0 Å². The molecule has 0 saturated heterocycles. The van der Waals surface area contributed by atoms with Crippen LogP contribution in [0.5, 0.6) is 0 Å². The third kappa shape index (κ3) is 3.32. The van der Waals surface area contributed by atoms with Gasteiger partial charge in [0.2, 0.25) is 0 Å². The summed E-state index contributed by atoms with van der Waals surface area (Å²) in [5.41, 5.74) is 8.70. The number of benzene rings is 1. The second-order valence-corrected chi connectivity index (χ2v) is 5.57. The van der Waals surface area contributed by atoms with Crippen molar-refractivity contribution in [3.63, 3.8) is 0 Å². The number of nitrogens with two attached hydrogens (primary N) is 1. The smallest absolute Gasteiger partial charge is 0.0406 e. The zero-order valence-corrected chi connectivity index (χ0v) is 11.3. The molecule has 17 heavy (non-hydrogen) atoms. The molecule has 0 fully saturated rings. The zero-order valence-electron chi connectivity index (χ0n) is 9.77. The summed E-state index contributed by atoms with van der Waals surface area (Å²) in [6, 6.07) is 10.3. The van der Waals surface area contributed by atoms with E-state index in [0.717, 1.165) is 11.4 Å². The van der Waals surface area contributed by atoms with Crippen molar-refractivity contribution in [2.24, 2.45) is 5.73 Å². The van der Waals surface area contributed by atoms with Gasteiger partial charge in [-0.25, -0.2) is 0 Å². The summed E-state index contributed by atoms with van der Waals surface area (Å²) in [5, 5.41) is 5.07. The fourth-order valence-corrected chi connectivity index (χ4v) is 2.82. The molecule has 0 spiro atoms. The monoisotopic (exact) mass is 265 g/mol. The molecule has 1 heterocycles. The highest BCUT2D eigenvalue weighted by atomic mass is 35.5. The highest BCUT2D eigenvalue weighted by molar-refractivity contribution is 7.07. The molecule has 0 amide bonds. The molecule has 0 bridgehead atoms. The molecule has 1 nitrogen and oxygen atoms in total. The van der Waals surface area contributed by atoms with Crippen LogP contribution in [0.2, 0.25) is 5.02 Å². The Balaban J connectivity index is 2.16. The molecular formula is C14H16ClNS. The Morgan fingerprint density at radius 3 is 2.47 bits per heavy atom. The van der Waals surface area contributed by atoms with Crippen LogP contribution in [0.1, 0.15) is 24.0 Å². The molecule has 0 aliphatic carbocycles. The third-order valence-electron chi connectivity index (χ3n) is 2.97. The van der Waals surface area contributed by atoms with Gasteiger partial charge >= 0.3 is 0 Å². The van der Waals surface area contributed by atoms with E-state index in [1.165, 1.54) is 11.1 Å². The van der Waals surface area contributed by atoms with Crippen LogP contribution in [0, 0.1) is 0 Å². The van der Waals surface area contributed by atoms with Gasteiger partial charge in [-0.2, -0.15) is 11.3 Å². The summed E-state index contributed by atoms with van der Waals surface area (Å²) < 4.78 is 0. The van der Waals surface area contributed by atoms with Crippen molar-refractivity contribution in [2.45, 2.75) is 25.3 Å². The van der Waals surface area contributed by atoms with Crippen LogP contribution in [-0.4, -0.2) is 6.04 Å². The van der Waals surface area contributed by atoms with Crippen LogP contribution in [-0.2, 0) is 6.42 Å². The molecule has 0 saturated carbocycles. The van der Waals surface area contributed by atoms with E-state index in [0.29, 0.717) is 5.92 Å².